The largest absolute Gasteiger partial charge is 0.480 e. The van der Waals surface area contributed by atoms with Crippen LogP contribution in [0.3, 0.4) is 0 Å². The molecular weight excluding hydrogens is 336 g/mol. The number of rotatable bonds is 6. The topological polar surface area (TPSA) is 89.8 Å². The standard InChI is InChI=1S/C19H30N2O5/c1-12-9-14(13(2)21(12)11-15-7-6-8-25-15)10-16(17(22)23)20-18(24)26-19(3,4)5/h9,15-16H,6-8,10-11H2,1-5H3,(H,20,24)(H,22,23). The average Bonchev–Trinajstić information content (AvgIpc) is 3.09. The van der Waals surface area contributed by atoms with E-state index in [4.69, 9.17) is 9.47 Å². The first-order valence-electron chi connectivity index (χ1n) is 9.06. The molecule has 2 heterocycles. The van der Waals surface area contributed by atoms with Gasteiger partial charge in [0, 0.05) is 31.0 Å². The van der Waals surface area contributed by atoms with Gasteiger partial charge in [0.1, 0.15) is 11.6 Å². The van der Waals surface area contributed by atoms with Crippen molar-refractivity contribution in [3.63, 3.8) is 0 Å². The molecular formula is C19H30N2O5. The molecule has 1 fully saturated rings. The van der Waals surface area contributed by atoms with Crippen LogP contribution in [0.5, 0.6) is 0 Å². The van der Waals surface area contributed by atoms with E-state index in [0.717, 1.165) is 42.9 Å². The molecule has 1 aliphatic rings. The average molecular weight is 366 g/mol. The van der Waals surface area contributed by atoms with E-state index < -0.39 is 23.7 Å². The minimum Gasteiger partial charge on any atom is -0.480 e. The van der Waals surface area contributed by atoms with Crippen molar-refractivity contribution >= 4 is 12.1 Å². The number of amides is 1. The van der Waals surface area contributed by atoms with Crippen LogP contribution in [0, 0.1) is 13.8 Å². The zero-order valence-corrected chi connectivity index (χ0v) is 16.3. The minimum absolute atomic E-state index is 0.208. The van der Waals surface area contributed by atoms with E-state index in [9.17, 15) is 14.7 Å². The normalized spacial score (nSPS) is 18.6. The highest BCUT2D eigenvalue weighted by Gasteiger charge is 2.26. The van der Waals surface area contributed by atoms with Gasteiger partial charge in [0.25, 0.3) is 0 Å². The second-order valence-electron chi connectivity index (χ2n) is 7.88. The Morgan fingerprint density at radius 1 is 1.42 bits per heavy atom. The molecule has 1 aromatic rings. The number of hydrogen-bond acceptors (Lipinski definition) is 4. The Kier molecular flexibility index (Phi) is 6.34. The van der Waals surface area contributed by atoms with Gasteiger partial charge in [0.15, 0.2) is 0 Å². The molecule has 1 aliphatic heterocycles. The summed E-state index contributed by atoms with van der Waals surface area (Å²) in [5, 5.41) is 11.9. The number of carbonyl (C=O) groups is 2. The summed E-state index contributed by atoms with van der Waals surface area (Å²) in [5.74, 6) is -1.08. The van der Waals surface area contributed by atoms with E-state index in [0.29, 0.717) is 0 Å². The molecule has 7 heteroatoms. The third-order valence-corrected chi connectivity index (χ3v) is 4.50. The second-order valence-corrected chi connectivity index (χ2v) is 7.88. The molecule has 26 heavy (non-hydrogen) atoms. The Balaban J connectivity index is 2.08. The maximum atomic E-state index is 11.9. The monoisotopic (exact) mass is 366 g/mol. The molecule has 7 nitrogen and oxygen atoms in total. The van der Waals surface area contributed by atoms with E-state index in [-0.39, 0.29) is 12.5 Å². The Morgan fingerprint density at radius 2 is 2.12 bits per heavy atom. The number of aromatic nitrogens is 1. The molecule has 0 aromatic carbocycles. The number of alkyl carbamates (subject to hydrolysis) is 1. The number of hydrogen-bond donors (Lipinski definition) is 2. The van der Waals surface area contributed by atoms with Crippen molar-refractivity contribution in [2.75, 3.05) is 6.61 Å². The van der Waals surface area contributed by atoms with Gasteiger partial charge >= 0.3 is 12.1 Å². The smallest absolute Gasteiger partial charge is 0.408 e. The highest BCUT2D eigenvalue weighted by atomic mass is 16.6. The molecule has 1 saturated heterocycles. The summed E-state index contributed by atoms with van der Waals surface area (Å²) < 4.78 is 13.0. The first-order valence-corrected chi connectivity index (χ1v) is 9.06. The number of aliphatic carboxylic acids is 1. The number of carboxylic acid groups (broad SMARTS) is 1. The lowest BCUT2D eigenvalue weighted by Crippen LogP contribution is -2.44. The Morgan fingerprint density at radius 3 is 2.65 bits per heavy atom. The Bertz CT molecular complexity index is 654. The van der Waals surface area contributed by atoms with Crippen molar-refractivity contribution in [3.05, 3.63) is 23.0 Å². The van der Waals surface area contributed by atoms with Crippen LogP contribution in [0.1, 0.15) is 50.6 Å². The van der Waals surface area contributed by atoms with Gasteiger partial charge < -0.3 is 24.5 Å². The fraction of sp³-hybridized carbons (Fsp3) is 0.684. The minimum atomic E-state index is -1.08. The van der Waals surface area contributed by atoms with Crippen LogP contribution in [-0.2, 0) is 27.2 Å². The Hall–Kier alpha value is -2.02. The molecule has 2 atom stereocenters. The van der Waals surface area contributed by atoms with Crippen LogP contribution in [0.15, 0.2) is 6.07 Å². The van der Waals surface area contributed by atoms with Crippen molar-refractivity contribution < 1.29 is 24.2 Å². The van der Waals surface area contributed by atoms with Gasteiger partial charge in [-0.2, -0.15) is 0 Å². The van der Waals surface area contributed by atoms with Crippen LogP contribution >= 0.6 is 0 Å². The first kappa shape index (κ1) is 20.3. The van der Waals surface area contributed by atoms with Crippen molar-refractivity contribution in [1.29, 1.82) is 0 Å². The van der Waals surface area contributed by atoms with Gasteiger partial charge in [-0.3, -0.25) is 0 Å². The molecule has 1 amide bonds. The van der Waals surface area contributed by atoms with Crippen molar-refractivity contribution in [2.45, 2.75) is 78.2 Å². The summed E-state index contributed by atoms with van der Waals surface area (Å²) >= 11 is 0. The van der Waals surface area contributed by atoms with Crippen LogP contribution < -0.4 is 5.32 Å². The summed E-state index contributed by atoms with van der Waals surface area (Å²) in [6, 6.07) is 0.943. The number of carboxylic acids is 1. The summed E-state index contributed by atoms with van der Waals surface area (Å²) in [4.78, 5) is 23.5. The van der Waals surface area contributed by atoms with E-state index in [1.54, 1.807) is 20.8 Å². The van der Waals surface area contributed by atoms with Crippen LogP contribution in [0.2, 0.25) is 0 Å². The maximum absolute atomic E-state index is 11.9. The molecule has 2 rings (SSSR count). The van der Waals surface area contributed by atoms with Crippen molar-refractivity contribution in [2.24, 2.45) is 0 Å². The van der Waals surface area contributed by atoms with E-state index >= 15 is 0 Å². The van der Waals surface area contributed by atoms with Gasteiger partial charge in [-0.15, -0.1) is 0 Å². The first-order chi connectivity index (χ1) is 12.1. The highest BCUT2D eigenvalue weighted by Crippen LogP contribution is 2.21. The fourth-order valence-electron chi connectivity index (χ4n) is 3.22. The quantitative estimate of drug-likeness (QED) is 0.808. The summed E-state index contributed by atoms with van der Waals surface area (Å²) in [6.45, 7) is 10.8. The van der Waals surface area contributed by atoms with Gasteiger partial charge in [0.05, 0.1) is 6.10 Å². The molecule has 2 unspecified atom stereocenters. The van der Waals surface area contributed by atoms with E-state index in [1.807, 2.05) is 19.9 Å². The molecule has 0 saturated carbocycles. The zero-order chi connectivity index (χ0) is 19.5. The maximum Gasteiger partial charge on any atom is 0.408 e. The lowest BCUT2D eigenvalue weighted by Gasteiger charge is -2.22. The third-order valence-electron chi connectivity index (χ3n) is 4.50. The lowest BCUT2D eigenvalue weighted by atomic mass is 10.1. The number of ether oxygens (including phenoxy) is 2. The molecule has 2 N–H and O–H groups in total. The molecule has 0 radical (unpaired) electrons. The fourth-order valence-corrected chi connectivity index (χ4v) is 3.22. The van der Waals surface area contributed by atoms with Gasteiger partial charge in [-0.05, 0) is 59.1 Å². The lowest BCUT2D eigenvalue weighted by molar-refractivity contribution is -0.139. The predicted octanol–water partition coefficient (Wildman–Crippen LogP) is 2.80. The molecule has 0 aliphatic carbocycles. The molecule has 0 bridgehead atoms. The number of nitrogens with one attached hydrogen (secondary N) is 1. The second kappa shape index (κ2) is 8.12. The number of aryl methyl sites for hydroxylation is 1. The molecule has 1 aromatic heterocycles. The molecule has 0 spiro atoms. The van der Waals surface area contributed by atoms with Crippen LogP contribution in [-0.4, -0.2) is 46.1 Å². The summed E-state index contributed by atoms with van der Waals surface area (Å²) in [5.41, 5.74) is 2.30. The Labute approximate surface area is 154 Å². The number of carbonyl (C=O) groups excluding carboxylic acids is 1. The van der Waals surface area contributed by atoms with Crippen molar-refractivity contribution in [1.82, 2.24) is 9.88 Å². The summed E-state index contributed by atoms with van der Waals surface area (Å²) in [7, 11) is 0. The SMILES string of the molecule is Cc1cc(CC(NC(=O)OC(C)(C)C)C(=O)O)c(C)n1CC1CCCO1. The van der Waals surface area contributed by atoms with Gasteiger partial charge in [0.2, 0.25) is 0 Å². The van der Waals surface area contributed by atoms with Crippen LogP contribution in [0.25, 0.3) is 0 Å². The highest BCUT2D eigenvalue weighted by molar-refractivity contribution is 5.80. The van der Waals surface area contributed by atoms with E-state index in [1.165, 1.54) is 0 Å². The molecule has 146 valence electrons. The van der Waals surface area contributed by atoms with E-state index in [2.05, 4.69) is 9.88 Å². The van der Waals surface area contributed by atoms with Crippen molar-refractivity contribution in [3.8, 4) is 0 Å². The summed E-state index contributed by atoms with van der Waals surface area (Å²) in [6.07, 6.45) is 1.82. The third kappa shape index (κ3) is 5.49. The number of nitrogens with zero attached hydrogens (tertiary/aromatic N) is 1. The predicted molar refractivity (Wildman–Crippen MR) is 97.4 cm³/mol. The zero-order valence-electron chi connectivity index (χ0n) is 16.3. The van der Waals surface area contributed by atoms with Gasteiger partial charge in [-0.25, -0.2) is 9.59 Å². The van der Waals surface area contributed by atoms with Gasteiger partial charge in [-0.1, -0.05) is 0 Å². The van der Waals surface area contributed by atoms with Crippen LogP contribution in [0.4, 0.5) is 4.79 Å².